The lowest BCUT2D eigenvalue weighted by Crippen LogP contribution is -2.46. The van der Waals surface area contributed by atoms with E-state index in [1.54, 1.807) is 0 Å². The van der Waals surface area contributed by atoms with E-state index < -0.39 is 11.3 Å². The third kappa shape index (κ3) is 1.89. The first-order valence-electron chi connectivity index (χ1n) is 6.65. The minimum Gasteiger partial charge on any atom is -0.294 e. The van der Waals surface area contributed by atoms with Crippen LogP contribution in [0.3, 0.4) is 0 Å². The van der Waals surface area contributed by atoms with Gasteiger partial charge >= 0.3 is 0 Å². The van der Waals surface area contributed by atoms with Gasteiger partial charge in [0.15, 0.2) is 0 Å². The van der Waals surface area contributed by atoms with Crippen LogP contribution in [0.25, 0.3) is 0 Å². The molecule has 2 bridgehead atoms. The molecule has 0 saturated heterocycles. The molecule has 4 atom stereocenters. The summed E-state index contributed by atoms with van der Waals surface area (Å²) in [7, 11) is 0. The first-order chi connectivity index (χ1) is 7.81. The van der Waals surface area contributed by atoms with Crippen molar-refractivity contribution in [2.75, 3.05) is 6.54 Å². The predicted molar refractivity (Wildman–Crippen MR) is 70.7 cm³/mol. The Morgan fingerprint density at radius 2 is 2.12 bits per heavy atom. The molecule has 2 saturated carbocycles. The largest absolute Gasteiger partial charge is 0.294 e. The highest BCUT2D eigenvalue weighted by molar-refractivity contribution is 7.77. The lowest BCUT2D eigenvalue weighted by Gasteiger charge is -2.44. The molecule has 2 fully saturated rings. The molecule has 2 rings (SSSR count). The summed E-state index contributed by atoms with van der Waals surface area (Å²) < 4.78 is 22.7. The van der Waals surface area contributed by atoms with Gasteiger partial charge in [-0.2, -0.15) is 0 Å². The Morgan fingerprint density at radius 1 is 1.47 bits per heavy atom. The van der Waals surface area contributed by atoms with Gasteiger partial charge in [0.25, 0.3) is 0 Å². The molecule has 4 unspecified atom stereocenters. The number of hydrogen-bond acceptors (Lipinski definition) is 1. The molecule has 0 amide bonds. The van der Waals surface area contributed by atoms with Crippen molar-refractivity contribution in [3.63, 3.8) is 0 Å². The van der Waals surface area contributed by atoms with Gasteiger partial charge in [-0.05, 0) is 47.8 Å². The molecular formula is C13H25NO2S. The van der Waals surface area contributed by atoms with Gasteiger partial charge in [-0.15, -0.1) is 0 Å². The van der Waals surface area contributed by atoms with Gasteiger partial charge in [-0.3, -0.25) is 4.55 Å². The third-order valence-corrected chi connectivity index (χ3v) is 6.20. The maximum absolute atomic E-state index is 10.9. The number of nitrogens with one attached hydrogen (secondary N) is 1. The first kappa shape index (κ1) is 13.5. The molecule has 2 aliphatic rings. The smallest absolute Gasteiger partial charge is 0.231 e. The van der Waals surface area contributed by atoms with Crippen LogP contribution in [0, 0.1) is 28.6 Å². The fourth-order valence-corrected chi connectivity index (χ4v) is 5.06. The lowest BCUT2D eigenvalue weighted by molar-refractivity contribution is 0.0600. The highest BCUT2D eigenvalue weighted by atomic mass is 32.2. The summed E-state index contributed by atoms with van der Waals surface area (Å²) in [6, 6.07) is 0. The monoisotopic (exact) mass is 259 g/mol. The molecule has 2 N–H and O–H groups in total. The van der Waals surface area contributed by atoms with Crippen LogP contribution in [-0.4, -0.2) is 15.3 Å². The average molecular weight is 259 g/mol. The van der Waals surface area contributed by atoms with Crippen molar-refractivity contribution in [3.05, 3.63) is 0 Å². The van der Waals surface area contributed by atoms with E-state index in [9.17, 15) is 4.21 Å². The van der Waals surface area contributed by atoms with E-state index >= 15 is 0 Å². The van der Waals surface area contributed by atoms with E-state index in [1.807, 2.05) is 0 Å². The Kier molecular flexibility index (Phi) is 3.43. The molecule has 17 heavy (non-hydrogen) atoms. The summed E-state index contributed by atoms with van der Waals surface area (Å²) in [6.07, 6.45) is 3.79. The fraction of sp³-hybridized carbons (Fsp3) is 1.00. The Bertz CT molecular complexity index is 329. The molecule has 2 aliphatic carbocycles. The van der Waals surface area contributed by atoms with Crippen molar-refractivity contribution in [1.82, 2.24) is 4.72 Å². The van der Waals surface area contributed by atoms with E-state index in [-0.39, 0.29) is 5.41 Å². The highest BCUT2D eigenvalue weighted by Gasteiger charge is 2.63. The molecule has 100 valence electrons. The van der Waals surface area contributed by atoms with Crippen LogP contribution in [0.15, 0.2) is 0 Å². The van der Waals surface area contributed by atoms with Gasteiger partial charge in [0.1, 0.15) is 0 Å². The second kappa shape index (κ2) is 4.32. The lowest BCUT2D eigenvalue weighted by atomic mass is 9.62. The van der Waals surface area contributed by atoms with Crippen molar-refractivity contribution in [2.45, 2.75) is 47.0 Å². The molecule has 0 spiro atoms. The topological polar surface area (TPSA) is 49.3 Å². The SMILES string of the molecule is CC(C)C1CC2CCC1(CNS(=O)O)C2(C)C. The Labute approximate surface area is 107 Å². The predicted octanol–water partition coefficient (Wildman–Crippen LogP) is 2.81. The molecule has 3 nitrogen and oxygen atoms in total. The van der Waals surface area contributed by atoms with Gasteiger partial charge < -0.3 is 0 Å². The van der Waals surface area contributed by atoms with Crippen molar-refractivity contribution in [3.8, 4) is 0 Å². The number of rotatable bonds is 4. The van der Waals surface area contributed by atoms with Gasteiger partial charge in [-0.25, -0.2) is 8.93 Å². The minimum atomic E-state index is -1.88. The van der Waals surface area contributed by atoms with Crippen LogP contribution in [0.2, 0.25) is 0 Å². The van der Waals surface area contributed by atoms with Gasteiger partial charge in [-0.1, -0.05) is 27.7 Å². The van der Waals surface area contributed by atoms with Gasteiger partial charge in [0, 0.05) is 6.54 Å². The molecule has 0 aliphatic heterocycles. The Morgan fingerprint density at radius 3 is 2.59 bits per heavy atom. The van der Waals surface area contributed by atoms with Crippen molar-refractivity contribution in [2.24, 2.45) is 28.6 Å². The van der Waals surface area contributed by atoms with Crippen molar-refractivity contribution >= 4 is 11.3 Å². The number of fused-ring (bicyclic) bond motifs is 2. The van der Waals surface area contributed by atoms with Crippen molar-refractivity contribution in [1.29, 1.82) is 0 Å². The summed E-state index contributed by atoms with van der Waals surface area (Å²) >= 11 is -1.88. The van der Waals surface area contributed by atoms with Crippen LogP contribution in [-0.2, 0) is 11.3 Å². The second-order valence-corrected chi connectivity index (χ2v) is 7.56. The van der Waals surface area contributed by atoms with E-state index in [2.05, 4.69) is 32.4 Å². The summed E-state index contributed by atoms with van der Waals surface area (Å²) in [6.45, 7) is 9.98. The van der Waals surface area contributed by atoms with Crippen LogP contribution >= 0.6 is 0 Å². The summed E-state index contributed by atoms with van der Waals surface area (Å²) in [5.41, 5.74) is 0.512. The summed E-state index contributed by atoms with van der Waals surface area (Å²) in [5, 5.41) is 0. The zero-order chi connectivity index (χ0) is 12.8. The molecule has 0 heterocycles. The minimum absolute atomic E-state index is 0.213. The molecule has 4 heteroatoms. The molecule has 0 aromatic carbocycles. The van der Waals surface area contributed by atoms with Gasteiger partial charge in [0.05, 0.1) is 0 Å². The van der Waals surface area contributed by atoms with E-state index in [1.165, 1.54) is 19.3 Å². The van der Waals surface area contributed by atoms with Crippen LogP contribution < -0.4 is 4.72 Å². The average Bonchev–Trinajstić information content (AvgIpc) is 2.60. The van der Waals surface area contributed by atoms with Crippen molar-refractivity contribution < 1.29 is 8.76 Å². The second-order valence-electron chi connectivity index (χ2n) is 6.77. The zero-order valence-electron chi connectivity index (χ0n) is 11.3. The molecule has 0 aromatic rings. The Hall–Kier alpha value is 0.0700. The van der Waals surface area contributed by atoms with Crippen LogP contribution in [0.5, 0.6) is 0 Å². The highest BCUT2D eigenvalue weighted by Crippen LogP contribution is 2.69. The third-order valence-electron chi connectivity index (χ3n) is 5.81. The standard InChI is InChI=1S/C13H25NO2S/c1-9(2)11-7-10-5-6-13(11,12(10,3)4)8-14-17(15)16/h9-11,14H,5-8H2,1-4H3,(H,15,16). The summed E-state index contributed by atoms with van der Waals surface area (Å²) in [5.74, 6) is 2.14. The van der Waals surface area contributed by atoms with Gasteiger partial charge in [0.2, 0.25) is 11.3 Å². The molecular weight excluding hydrogens is 234 g/mol. The normalized spacial score (nSPS) is 41.1. The maximum atomic E-state index is 10.9. The first-order valence-corrected chi connectivity index (χ1v) is 7.76. The van der Waals surface area contributed by atoms with E-state index in [0.29, 0.717) is 23.8 Å². The maximum Gasteiger partial charge on any atom is 0.231 e. The van der Waals surface area contributed by atoms with E-state index in [0.717, 1.165) is 5.92 Å². The fourth-order valence-electron chi connectivity index (χ4n) is 4.68. The zero-order valence-corrected chi connectivity index (χ0v) is 12.1. The molecule has 0 radical (unpaired) electrons. The molecule has 0 aromatic heterocycles. The Balaban J connectivity index is 2.26. The van der Waals surface area contributed by atoms with Crippen LogP contribution in [0.1, 0.15) is 47.0 Å². The van der Waals surface area contributed by atoms with E-state index in [4.69, 9.17) is 4.55 Å². The summed E-state index contributed by atoms with van der Waals surface area (Å²) in [4.78, 5) is 0. The number of hydrogen-bond donors (Lipinski definition) is 2. The quantitative estimate of drug-likeness (QED) is 0.763. The van der Waals surface area contributed by atoms with Crippen LogP contribution in [0.4, 0.5) is 0 Å².